The fourth-order valence-corrected chi connectivity index (χ4v) is 2.31. The second-order valence-corrected chi connectivity index (χ2v) is 5.89. The Balaban J connectivity index is 2.16. The number of hydrogen-bond donors (Lipinski definition) is 2. The van der Waals surface area contributed by atoms with Gasteiger partial charge < -0.3 is 20.7 Å². The minimum Gasteiger partial charge on any atom is -0.379 e. The van der Waals surface area contributed by atoms with Gasteiger partial charge >= 0.3 is 0 Å². The van der Waals surface area contributed by atoms with E-state index in [1.54, 1.807) is 0 Å². The Morgan fingerprint density at radius 2 is 2.20 bits per heavy atom. The zero-order valence-electron chi connectivity index (χ0n) is 12.3. The van der Waals surface area contributed by atoms with Gasteiger partial charge in [0.1, 0.15) is 0 Å². The molecule has 1 aliphatic rings. The highest BCUT2D eigenvalue weighted by Crippen LogP contribution is 2.29. The predicted octanol–water partition coefficient (Wildman–Crippen LogP) is 1.05. The molecule has 0 aromatic heterocycles. The molecule has 2 rings (SSSR count). The van der Waals surface area contributed by atoms with Gasteiger partial charge in [-0.05, 0) is 32.6 Å². The van der Waals surface area contributed by atoms with Crippen molar-refractivity contribution in [1.82, 2.24) is 4.90 Å². The highest BCUT2D eigenvalue weighted by Gasteiger charge is 2.44. The minimum absolute atomic E-state index is 0.0753. The summed E-state index contributed by atoms with van der Waals surface area (Å²) in [5.74, 6) is -0.0753. The smallest absolute Gasteiger partial charge is 0.234 e. The van der Waals surface area contributed by atoms with E-state index < -0.39 is 5.41 Å². The molecule has 0 aliphatic carbocycles. The highest BCUT2D eigenvalue weighted by atomic mass is 16.5. The second kappa shape index (κ2) is 5.91. The van der Waals surface area contributed by atoms with Crippen LogP contribution in [0.15, 0.2) is 24.3 Å². The van der Waals surface area contributed by atoms with Crippen LogP contribution in [-0.4, -0.2) is 44.2 Å². The number of nitrogens with two attached hydrogens (primary N) is 1. The average molecular weight is 277 g/mol. The molecular weight excluding hydrogens is 254 g/mol. The SMILES string of the molecule is CN(C)Cc1ccccc1NC(=O)C1(C)COCC1N. The van der Waals surface area contributed by atoms with Gasteiger partial charge in [0.25, 0.3) is 0 Å². The van der Waals surface area contributed by atoms with E-state index in [9.17, 15) is 4.79 Å². The molecule has 0 spiro atoms. The molecule has 1 saturated heterocycles. The summed E-state index contributed by atoms with van der Waals surface area (Å²) >= 11 is 0. The van der Waals surface area contributed by atoms with Crippen LogP contribution in [0.5, 0.6) is 0 Å². The summed E-state index contributed by atoms with van der Waals surface area (Å²) in [5, 5.41) is 3.00. The van der Waals surface area contributed by atoms with Crippen molar-refractivity contribution >= 4 is 11.6 Å². The molecule has 0 saturated carbocycles. The van der Waals surface area contributed by atoms with Crippen LogP contribution in [0.1, 0.15) is 12.5 Å². The maximum atomic E-state index is 12.5. The fraction of sp³-hybridized carbons (Fsp3) is 0.533. The lowest BCUT2D eigenvalue weighted by Crippen LogP contribution is -2.47. The lowest BCUT2D eigenvalue weighted by atomic mass is 9.84. The first kappa shape index (κ1) is 15.0. The van der Waals surface area contributed by atoms with Crippen molar-refractivity contribution in [3.05, 3.63) is 29.8 Å². The van der Waals surface area contributed by atoms with Crippen molar-refractivity contribution in [2.75, 3.05) is 32.6 Å². The van der Waals surface area contributed by atoms with Crippen molar-refractivity contribution in [3.8, 4) is 0 Å². The van der Waals surface area contributed by atoms with Gasteiger partial charge in [0.2, 0.25) is 5.91 Å². The number of amides is 1. The third-order valence-corrected chi connectivity index (χ3v) is 3.79. The third kappa shape index (κ3) is 3.00. The summed E-state index contributed by atoms with van der Waals surface area (Å²) in [5.41, 5.74) is 7.26. The molecule has 110 valence electrons. The van der Waals surface area contributed by atoms with Gasteiger partial charge in [0.15, 0.2) is 0 Å². The van der Waals surface area contributed by atoms with Gasteiger partial charge in [0, 0.05) is 18.3 Å². The molecule has 0 radical (unpaired) electrons. The normalized spacial score (nSPS) is 25.9. The van der Waals surface area contributed by atoms with Crippen LogP contribution in [0.2, 0.25) is 0 Å². The number of para-hydroxylation sites is 1. The molecule has 2 atom stereocenters. The van der Waals surface area contributed by atoms with E-state index >= 15 is 0 Å². The number of ether oxygens (including phenoxy) is 1. The molecular formula is C15H23N3O2. The first-order valence-electron chi connectivity index (χ1n) is 6.81. The van der Waals surface area contributed by atoms with Crippen molar-refractivity contribution in [2.24, 2.45) is 11.1 Å². The number of nitrogens with one attached hydrogen (secondary N) is 1. The molecule has 1 aliphatic heterocycles. The molecule has 0 bridgehead atoms. The van der Waals surface area contributed by atoms with E-state index in [1.807, 2.05) is 45.3 Å². The molecule has 20 heavy (non-hydrogen) atoms. The van der Waals surface area contributed by atoms with Gasteiger partial charge in [-0.3, -0.25) is 4.79 Å². The number of carbonyl (C=O) groups excluding carboxylic acids is 1. The number of rotatable bonds is 4. The van der Waals surface area contributed by atoms with Crippen molar-refractivity contribution < 1.29 is 9.53 Å². The van der Waals surface area contributed by atoms with E-state index in [2.05, 4.69) is 10.2 Å². The maximum Gasteiger partial charge on any atom is 0.234 e. The standard InChI is InChI=1S/C15H23N3O2/c1-15(10-20-9-13(15)16)14(19)17-12-7-5-4-6-11(12)8-18(2)3/h4-7,13H,8-10,16H2,1-3H3,(H,17,19). The highest BCUT2D eigenvalue weighted by molar-refractivity contribution is 5.96. The summed E-state index contributed by atoms with van der Waals surface area (Å²) in [6.07, 6.45) is 0. The van der Waals surface area contributed by atoms with Gasteiger partial charge in [-0.2, -0.15) is 0 Å². The van der Waals surface area contributed by atoms with Gasteiger partial charge in [-0.15, -0.1) is 0 Å². The number of carbonyl (C=O) groups is 1. The Hall–Kier alpha value is -1.43. The molecule has 1 heterocycles. The van der Waals surface area contributed by atoms with Crippen LogP contribution in [0.3, 0.4) is 0 Å². The van der Waals surface area contributed by atoms with Crippen LogP contribution in [0.4, 0.5) is 5.69 Å². The topological polar surface area (TPSA) is 67.6 Å². The Morgan fingerprint density at radius 1 is 1.50 bits per heavy atom. The summed E-state index contributed by atoms with van der Waals surface area (Å²) in [4.78, 5) is 14.6. The lowest BCUT2D eigenvalue weighted by molar-refractivity contribution is -0.125. The number of hydrogen-bond acceptors (Lipinski definition) is 4. The minimum atomic E-state index is -0.661. The quantitative estimate of drug-likeness (QED) is 0.863. The van der Waals surface area contributed by atoms with E-state index in [-0.39, 0.29) is 11.9 Å². The van der Waals surface area contributed by atoms with Crippen LogP contribution in [-0.2, 0) is 16.1 Å². The number of anilines is 1. The molecule has 1 aromatic rings. The van der Waals surface area contributed by atoms with Gasteiger partial charge in [0.05, 0.1) is 18.6 Å². The molecule has 3 N–H and O–H groups in total. The molecule has 2 unspecified atom stereocenters. The van der Waals surface area contributed by atoms with Crippen LogP contribution in [0, 0.1) is 5.41 Å². The average Bonchev–Trinajstić information content (AvgIpc) is 2.73. The van der Waals surface area contributed by atoms with Crippen LogP contribution in [0.25, 0.3) is 0 Å². The Labute approximate surface area is 120 Å². The van der Waals surface area contributed by atoms with Crippen LogP contribution >= 0.6 is 0 Å². The maximum absolute atomic E-state index is 12.5. The zero-order chi connectivity index (χ0) is 14.8. The Kier molecular flexibility index (Phi) is 4.42. The number of nitrogens with zero attached hydrogens (tertiary/aromatic N) is 1. The van der Waals surface area contributed by atoms with Gasteiger partial charge in [-0.25, -0.2) is 0 Å². The van der Waals surface area contributed by atoms with E-state index in [1.165, 1.54) is 0 Å². The molecule has 1 amide bonds. The molecule has 1 fully saturated rings. The monoisotopic (exact) mass is 277 g/mol. The van der Waals surface area contributed by atoms with E-state index in [0.29, 0.717) is 13.2 Å². The van der Waals surface area contributed by atoms with E-state index in [4.69, 9.17) is 10.5 Å². The number of benzene rings is 1. The molecule has 5 heteroatoms. The Bertz CT molecular complexity index is 490. The molecule has 1 aromatic carbocycles. The van der Waals surface area contributed by atoms with Crippen molar-refractivity contribution in [1.29, 1.82) is 0 Å². The summed E-state index contributed by atoms with van der Waals surface area (Å²) in [7, 11) is 4.00. The predicted molar refractivity (Wildman–Crippen MR) is 79.4 cm³/mol. The second-order valence-electron chi connectivity index (χ2n) is 5.89. The van der Waals surface area contributed by atoms with Gasteiger partial charge in [-0.1, -0.05) is 18.2 Å². The Morgan fingerprint density at radius 3 is 2.80 bits per heavy atom. The first-order valence-corrected chi connectivity index (χ1v) is 6.81. The largest absolute Gasteiger partial charge is 0.379 e. The lowest BCUT2D eigenvalue weighted by Gasteiger charge is -2.26. The summed E-state index contributed by atoms with van der Waals surface area (Å²) < 4.78 is 5.33. The van der Waals surface area contributed by atoms with E-state index in [0.717, 1.165) is 17.8 Å². The third-order valence-electron chi connectivity index (χ3n) is 3.79. The fourth-order valence-electron chi connectivity index (χ4n) is 2.31. The first-order chi connectivity index (χ1) is 9.43. The van der Waals surface area contributed by atoms with Crippen molar-refractivity contribution in [2.45, 2.75) is 19.5 Å². The zero-order valence-corrected chi connectivity index (χ0v) is 12.3. The van der Waals surface area contributed by atoms with Crippen molar-refractivity contribution in [3.63, 3.8) is 0 Å². The van der Waals surface area contributed by atoms with Crippen LogP contribution < -0.4 is 11.1 Å². The molecule has 5 nitrogen and oxygen atoms in total. The summed E-state index contributed by atoms with van der Waals surface area (Å²) in [6, 6.07) is 7.57. The summed E-state index contributed by atoms with van der Waals surface area (Å²) in [6.45, 7) is 3.43.